The maximum atomic E-state index is 6.44. The van der Waals surface area contributed by atoms with Crippen molar-refractivity contribution in [3.05, 3.63) is 51.8 Å². The average molecular weight is 351 g/mol. The van der Waals surface area contributed by atoms with Crippen LogP contribution in [0.2, 0.25) is 0 Å². The predicted molar refractivity (Wildman–Crippen MR) is 90.3 cm³/mol. The Hall–Kier alpha value is -1.17. The van der Waals surface area contributed by atoms with Gasteiger partial charge in [-0.3, -0.25) is 4.68 Å². The minimum Gasteiger partial charge on any atom is -0.322 e. The van der Waals surface area contributed by atoms with Gasteiger partial charge >= 0.3 is 0 Å². The summed E-state index contributed by atoms with van der Waals surface area (Å²) >= 11 is 3.58. The fourth-order valence-electron chi connectivity index (χ4n) is 2.39. The van der Waals surface area contributed by atoms with Crippen molar-refractivity contribution in [3.63, 3.8) is 0 Å². The number of benzene rings is 1. The Morgan fingerprint density at radius 2 is 2.05 bits per heavy atom. The molecular formula is C16H23BrN4. The molecule has 0 saturated carbocycles. The molecule has 2 N–H and O–H groups in total. The summed E-state index contributed by atoms with van der Waals surface area (Å²) in [4.78, 5) is 2.15. The van der Waals surface area contributed by atoms with Crippen molar-refractivity contribution in [2.45, 2.75) is 25.9 Å². The molecule has 0 fully saturated rings. The Labute approximate surface area is 135 Å². The van der Waals surface area contributed by atoms with Crippen molar-refractivity contribution in [1.82, 2.24) is 14.7 Å². The number of rotatable bonds is 6. The van der Waals surface area contributed by atoms with E-state index in [1.807, 2.05) is 10.9 Å². The molecule has 0 amide bonds. The van der Waals surface area contributed by atoms with Crippen LogP contribution in [0.15, 0.2) is 34.9 Å². The van der Waals surface area contributed by atoms with Crippen LogP contribution in [0.25, 0.3) is 0 Å². The van der Waals surface area contributed by atoms with E-state index in [1.54, 1.807) is 0 Å². The summed E-state index contributed by atoms with van der Waals surface area (Å²) < 4.78 is 3.00. The van der Waals surface area contributed by atoms with Crippen LogP contribution in [-0.4, -0.2) is 35.3 Å². The molecule has 2 rings (SSSR count). The Morgan fingerprint density at radius 1 is 1.33 bits per heavy atom. The van der Waals surface area contributed by atoms with Gasteiger partial charge in [-0.25, -0.2) is 0 Å². The molecule has 0 radical (unpaired) electrons. The average Bonchev–Trinajstić information content (AvgIpc) is 2.80. The van der Waals surface area contributed by atoms with Crippen LogP contribution >= 0.6 is 15.9 Å². The Bertz CT molecular complexity index is 592. The molecule has 0 bridgehead atoms. The monoisotopic (exact) mass is 350 g/mol. The maximum absolute atomic E-state index is 6.44. The molecule has 0 aliphatic carbocycles. The molecular weight excluding hydrogens is 328 g/mol. The Kier molecular flexibility index (Phi) is 5.56. The van der Waals surface area contributed by atoms with E-state index in [2.05, 4.69) is 71.2 Å². The van der Waals surface area contributed by atoms with Gasteiger partial charge in [0.25, 0.3) is 0 Å². The predicted octanol–water partition coefficient (Wildman–Crippen LogP) is 2.76. The molecule has 1 aromatic carbocycles. The summed E-state index contributed by atoms with van der Waals surface area (Å²) in [7, 11) is 4.12. The second-order valence-corrected chi connectivity index (χ2v) is 6.50. The van der Waals surface area contributed by atoms with Crippen LogP contribution < -0.4 is 5.73 Å². The van der Waals surface area contributed by atoms with Crippen LogP contribution in [0.4, 0.5) is 0 Å². The van der Waals surface area contributed by atoms with Crippen molar-refractivity contribution in [2.24, 2.45) is 5.73 Å². The number of halogens is 1. The van der Waals surface area contributed by atoms with Gasteiger partial charge in [-0.2, -0.15) is 5.10 Å². The fraction of sp³-hybridized carbons (Fsp3) is 0.438. The van der Waals surface area contributed by atoms with Gasteiger partial charge < -0.3 is 10.6 Å². The molecule has 0 aliphatic heterocycles. The normalized spacial score (nSPS) is 12.9. The van der Waals surface area contributed by atoms with Gasteiger partial charge in [0, 0.05) is 6.54 Å². The topological polar surface area (TPSA) is 47.1 Å². The standard InChI is InChI=1S/C16H23BrN4/c1-12-6-4-5-7-13(12)10-15(18)16-14(17)11-19-21(16)9-8-20(2)3/h4-7,11,15H,8-10,18H2,1-3H3. The number of aryl methyl sites for hydroxylation is 1. The van der Waals surface area contributed by atoms with Gasteiger partial charge in [0.2, 0.25) is 0 Å². The second-order valence-electron chi connectivity index (χ2n) is 5.64. The third-order valence-corrected chi connectivity index (χ3v) is 4.26. The van der Waals surface area contributed by atoms with E-state index >= 15 is 0 Å². The lowest BCUT2D eigenvalue weighted by molar-refractivity contribution is 0.366. The lowest BCUT2D eigenvalue weighted by atomic mass is 10.00. The molecule has 1 aromatic heterocycles. The van der Waals surface area contributed by atoms with Gasteiger partial charge in [0.1, 0.15) is 0 Å². The highest BCUT2D eigenvalue weighted by molar-refractivity contribution is 9.10. The molecule has 21 heavy (non-hydrogen) atoms. The lowest BCUT2D eigenvalue weighted by Crippen LogP contribution is -2.24. The summed E-state index contributed by atoms with van der Waals surface area (Å²) in [6.45, 7) is 3.91. The minimum atomic E-state index is -0.0647. The van der Waals surface area contributed by atoms with Gasteiger partial charge in [-0.1, -0.05) is 24.3 Å². The number of hydrogen-bond acceptors (Lipinski definition) is 3. The van der Waals surface area contributed by atoms with Crippen LogP contribution in [-0.2, 0) is 13.0 Å². The first kappa shape index (κ1) is 16.2. The molecule has 5 heteroatoms. The van der Waals surface area contributed by atoms with E-state index in [0.717, 1.165) is 29.7 Å². The van der Waals surface area contributed by atoms with E-state index in [-0.39, 0.29) is 6.04 Å². The van der Waals surface area contributed by atoms with Crippen molar-refractivity contribution in [2.75, 3.05) is 20.6 Å². The summed E-state index contributed by atoms with van der Waals surface area (Å²) in [5.74, 6) is 0. The largest absolute Gasteiger partial charge is 0.322 e. The first-order valence-corrected chi connectivity index (χ1v) is 7.94. The zero-order valence-electron chi connectivity index (χ0n) is 12.9. The zero-order valence-corrected chi connectivity index (χ0v) is 14.5. The van der Waals surface area contributed by atoms with Crippen LogP contribution in [0, 0.1) is 6.92 Å². The fourth-order valence-corrected chi connectivity index (χ4v) is 2.98. The van der Waals surface area contributed by atoms with E-state index in [1.165, 1.54) is 11.1 Å². The van der Waals surface area contributed by atoms with E-state index in [9.17, 15) is 0 Å². The highest BCUT2D eigenvalue weighted by Gasteiger charge is 2.17. The van der Waals surface area contributed by atoms with Crippen molar-refractivity contribution < 1.29 is 0 Å². The molecule has 0 spiro atoms. The van der Waals surface area contributed by atoms with Crippen molar-refractivity contribution in [3.8, 4) is 0 Å². The smallest absolute Gasteiger partial charge is 0.0697 e. The minimum absolute atomic E-state index is 0.0647. The van der Waals surface area contributed by atoms with Gasteiger partial charge in [0.05, 0.1) is 29.0 Å². The summed E-state index contributed by atoms with van der Waals surface area (Å²) in [6.07, 6.45) is 2.65. The Morgan fingerprint density at radius 3 is 2.71 bits per heavy atom. The molecule has 0 aliphatic rings. The molecule has 1 atom stereocenters. The van der Waals surface area contributed by atoms with Gasteiger partial charge in [-0.15, -0.1) is 0 Å². The van der Waals surface area contributed by atoms with E-state index in [0.29, 0.717) is 0 Å². The zero-order chi connectivity index (χ0) is 15.4. The van der Waals surface area contributed by atoms with E-state index < -0.39 is 0 Å². The van der Waals surface area contributed by atoms with Crippen LogP contribution in [0.3, 0.4) is 0 Å². The molecule has 4 nitrogen and oxygen atoms in total. The summed E-state index contributed by atoms with van der Waals surface area (Å²) in [6, 6.07) is 8.32. The number of nitrogens with two attached hydrogens (primary N) is 1. The SMILES string of the molecule is Cc1ccccc1CC(N)c1c(Br)cnn1CCN(C)C. The maximum Gasteiger partial charge on any atom is 0.0697 e. The van der Waals surface area contributed by atoms with Crippen LogP contribution in [0.1, 0.15) is 22.9 Å². The van der Waals surface area contributed by atoms with Crippen molar-refractivity contribution in [1.29, 1.82) is 0 Å². The molecule has 2 aromatic rings. The number of likely N-dealkylation sites (N-methyl/N-ethyl adjacent to an activating group) is 1. The van der Waals surface area contributed by atoms with Gasteiger partial charge in [-0.05, 0) is 54.5 Å². The number of aromatic nitrogens is 2. The first-order valence-electron chi connectivity index (χ1n) is 7.15. The quantitative estimate of drug-likeness (QED) is 0.871. The molecule has 1 unspecified atom stereocenters. The van der Waals surface area contributed by atoms with Gasteiger partial charge in [0.15, 0.2) is 0 Å². The van der Waals surface area contributed by atoms with Crippen LogP contribution in [0.5, 0.6) is 0 Å². The molecule has 1 heterocycles. The Balaban J connectivity index is 2.17. The lowest BCUT2D eigenvalue weighted by Gasteiger charge is -2.18. The third-order valence-electron chi connectivity index (χ3n) is 3.64. The highest BCUT2D eigenvalue weighted by Crippen LogP contribution is 2.25. The number of hydrogen-bond donors (Lipinski definition) is 1. The van der Waals surface area contributed by atoms with Crippen molar-refractivity contribution >= 4 is 15.9 Å². The molecule has 114 valence electrons. The summed E-state index contributed by atoms with van der Waals surface area (Å²) in [5, 5.41) is 4.44. The van der Waals surface area contributed by atoms with E-state index in [4.69, 9.17) is 5.73 Å². The number of nitrogens with zero attached hydrogens (tertiary/aromatic N) is 3. The molecule has 0 saturated heterocycles. The summed E-state index contributed by atoms with van der Waals surface area (Å²) in [5.41, 5.74) is 10.1. The highest BCUT2D eigenvalue weighted by atomic mass is 79.9. The third kappa shape index (κ3) is 4.15. The second kappa shape index (κ2) is 7.20. The first-order chi connectivity index (χ1) is 9.99.